The highest BCUT2D eigenvalue weighted by Crippen LogP contribution is 2.44. The molecule has 8 heteroatoms. The van der Waals surface area contributed by atoms with Gasteiger partial charge < -0.3 is 20.1 Å². The summed E-state index contributed by atoms with van der Waals surface area (Å²) < 4.78 is 1.85. The number of imidazole rings is 1. The number of nitrogens with zero attached hydrogens (tertiary/aromatic N) is 3. The largest absolute Gasteiger partial charge is 0.396 e. The molecule has 0 spiro atoms. The Morgan fingerprint density at radius 1 is 1.43 bits per heavy atom. The van der Waals surface area contributed by atoms with Gasteiger partial charge in [-0.2, -0.15) is 4.98 Å². The van der Waals surface area contributed by atoms with Crippen molar-refractivity contribution in [1.29, 1.82) is 0 Å². The number of rotatable bonds is 6. The molecule has 1 saturated carbocycles. The van der Waals surface area contributed by atoms with Crippen molar-refractivity contribution in [3.05, 3.63) is 16.7 Å². The molecule has 2 aromatic rings. The van der Waals surface area contributed by atoms with Gasteiger partial charge in [-0.3, -0.25) is 9.78 Å². The quantitative estimate of drug-likeness (QED) is 0.610. The Bertz CT molecular complexity index is 738. The number of fused-ring (bicyclic) bond motifs is 1. The predicted molar refractivity (Wildman–Crippen MR) is 86.3 cm³/mol. The fourth-order valence-electron chi connectivity index (χ4n) is 3.13. The normalized spacial score (nSPS) is 24.1. The van der Waals surface area contributed by atoms with E-state index >= 15 is 0 Å². The number of aliphatic hydroxyl groups excluding tert-OH is 2. The molecule has 126 valence electrons. The molecule has 0 aromatic carbocycles. The second-order valence-corrected chi connectivity index (χ2v) is 6.61. The monoisotopic (exact) mass is 321 g/mol. The van der Waals surface area contributed by atoms with Gasteiger partial charge in [-0.15, -0.1) is 0 Å². The van der Waals surface area contributed by atoms with Crippen LogP contribution in [0.25, 0.3) is 11.2 Å². The molecular weight excluding hydrogens is 298 g/mol. The third-order valence-electron chi connectivity index (χ3n) is 4.56. The topological polar surface area (TPSA) is 116 Å². The van der Waals surface area contributed by atoms with Crippen LogP contribution in [0.4, 0.5) is 5.95 Å². The van der Waals surface area contributed by atoms with Gasteiger partial charge in [-0.05, 0) is 18.3 Å². The number of hydrogen-bond acceptors (Lipinski definition) is 6. The van der Waals surface area contributed by atoms with Crippen LogP contribution in [0.15, 0.2) is 11.1 Å². The number of nitrogens with one attached hydrogen (secondary N) is 2. The van der Waals surface area contributed by atoms with E-state index in [1.165, 1.54) is 0 Å². The predicted octanol–water partition coefficient (Wildman–Crippen LogP) is 0.349. The van der Waals surface area contributed by atoms with E-state index in [0.29, 0.717) is 29.6 Å². The second-order valence-electron chi connectivity index (χ2n) is 6.61. The van der Waals surface area contributed by atoms with Crippen LogP contribution < -0.4 is 10.9 Å². The zero-order valence-electron chi connectivity index (χ0n) is 13.4. The first-order valence-electron chi connectivity index (χ1n) is 7.97. The van der Waals surface area contributed by atoms with Gasteiger partial charge in [0.05, 0.1) is 6.33 Å². The van der Waals surface area contributed by atoms with Gasteiger partial charge in [0.1, 0.15) is 0 Å². The van der Waals surface area contributed by atoms with E-state index in [0.717, 1.165) is 6.42 Å². The Hall–Kier alpha value is -1.93. The van der Waals surface area contributed by atoms with Gasteiger partial charge in [0.25, 0.3) is 5.56 Å². The zero-order valence-corrected chi connectivity index (χ0v) is 13.4. The van der Waals surface area contributed by atoms with Crippen LogP contribution in [0.5, 0.6) is 0 Å². The van der Waals surface area contributed by atoms with Crippen LogP contribution in [0.3, 0.4) is 0 Å². The molecule has 2 heterocycles. The third kappa shape index (κ3) is 2.84. The zero-order chi connectivity index (χ0) is 16.6. The average Bonchev–Trinajstić information content (AvgIpc) is 2.89. The van der Waals surface area contributed by atoms with Crippen molar-refractivity contribution in [1.82, 2.24) is 19.5 Å². The number of aromatic amines is 1. The molecule has 3 atom stereocenters. The molecule has 8 nitrogen and oxygen atoms in total. The highest BCUT2D eigenvalue weighted by atomic mass is 16.3. The molecule has 0 bridgehead atoms. The molecule has 0 aliphatic heterocycles. The van der Waals surface area contributed by atoms with Crippen LogP contribution in [0.2, 0.25) is 0 Å². The molecule has 3 rings (SSSR count). The van der Waals surface area contributed by atoms with E-state index in [2.05, 4.69) is 34.1 Å². The summed E-state index contributed by atoms with van der Waals surface area (Å²) in [7, 11) is 0. The fraction of sp³-hybridized carbons (Fsp3) is 0.667. The Morgan fingerprint density at radius 3 is 2.87 bits per heavy atom. The van der Waals surface area contributed by atoms with Crippen LogP contribution in [0.1, 0.15) is 26.3 Å². The van der Waals surface area contributed by atoms with Crippen molar-refractivity contribution in [2.75, 3.05) is 25.1 Å². The molecule has 0 saturated heterocycles. The number of hydrogen-bond donors (Lipinski definition) is 4. The van der Waals surface area contributed by atoms with Gasteiger partial charge in [0.15, 0.2) is 11.2 Å². The lowest BCUT2D eigenvalue weighted by Gasteiger charge is -2.43. The highest BCUT2D eigenvalue weighted by Gasteiger charge is 2.42. The first-order valence-corrected chi connectivity index (χ1v) is 7.97. The number of anilines is 1. The van der Waals surface area contributed by atoms with Crippen molar-refractivity contribution in [3.63, 3.8) is 0 Å². The lowest BCUT2D eigenvalue weighted by molar-refractivity contribution is -0.00528. The minimum absolute atomic E-state index is 0.00276. The Morgan fingerprint density at radius 2 is 2.22 bits per heavy atom. The van der Waals surface area contributed by atoms with Gasteiger partial charge in [0, 0.05) is 31.7 Å². The van der Waals surface area contributed by atoms with Gasteiger partial charge in [-0.25, -0.2) is 4.98 Å². The molecule has 0 amide bonds. The van der Waals surface area contributed by atoms with Crippen LogP contribution in [-0.2, 0) is 0 Å². The minimum atomic E-state index is -0.279. The smallest absolute Gasteiger partial charge is 0.280 e. The van der Waals surface area contributed by atoms with Crippen molar-refractivity contribution in [2.45, 2.75) is 26.3 Å². The number of aromatic nitrogens is 4. The molecule has 1 fully saturated rings. The Balaban J connectivity index is 1.94. The standard InChI is InChI=1S/C15H23N5O3/c1-8(2)4-16-15-18-13-12(14(23)19-15)17-7-20(13)11-3-9(5-21)10(11)6-22/h7-11,21-22H,3-6H2,1-2H3,(H2,16,18,19,23)/t9-,10-,11-/m1/s1. The lowest BCUT2D eigenvalue weighted by atomic mass is 9.70. The fourth-order valence-corrected chi connectivity index (χ4v) is 3.13. The molecule has 1 aliphatic rings. The van der Waals surface area contributed by atoms with Gasteiger partial charge in [-0.1, -0.05) is 13.8 Å². The molecule has 23 heavy (non-hydrogen) atoms. The van der Waals surface area contributed by atoms with E-state index in [1.807, 2.05) is 4.57 Å². The van der Waals surface area contributed by atoms with E-state index < -0.39 is 0 Å². The average molecular weight is 321 g/mol. The lowest BCUT2D eigenvalue weighted by Crippen LogP contribution is -2.42. The molecule has 0 unspecified atom stereocenters. The van der Waals surface area contributed by atoms with E-state index in [-0.39, 0.29) is 36.7 Å². The van der Waals surface area contributed by atoms with Crippen molar-refractivity contribution in [2.24, 2.45) is 17.8 Å². The first-order chi connectivity index (χ1) is 11.0. The van der Waals surface area contributed by atoms with Crippen molar-refractivity contribution in [3.8, 4) is 0 Å². The van der Waals surface area contributed by atoms with Crippen molar-refractivity contribution >= 4 is 17.1 Å². The summed E-state index contributed by atoms with van der Waals surface area (Å²) in [6, 6.07) is 0.00870. The Labute approximate surface area is 133 Å². The summed E-state index contributed by atoms with van der Waals surface area (Å²) >= 11 is 0. The van der Waals surface area contributed by atoms with E-state index in [4.69, 9.17) is 0 Å². The summed E-state index contributed by atoms with van der Waals surface area (Å²) in [6.07, 6.45) is 2.34. The van der Waals surface area contributed by atoms with Gasteiger partial charge in [0.2, 0.25) is 5.95 Å². The second kappa shape index (κ2) is 6.29. The van der Waals surface area contributed by atoms with Gasteiger partial charge >= 0.3 is 0 Å². The summed E-state index contributed by atoms with van der Waals surface area (Å²) in [4.78, 5) is 23.5. The van der Waals surface area contributed by atoms with Crippen LogP contribution in [0, 0.1) is 17.8 Å². The highest BCUT2D eigenvalue weighted by molar-refractivity contribution is 5.71. The van der Waals surface area contributed by atoms with E-state index in [9.17, 15) is 15.0 Å². The third-order valence-corrected chi connectivity index (χ3v) is 4.56. The SMILES string of the molecule is CC(C)CNc1nc2c(ncn2[C@@H]2C[C@H](CO)[C@H]2CO)c(=O)[nH]1. The Kier molecular flexibility index (Phi) is 4.36. The summed E-state index contributed by atoms with van der Waals surface area (Å²) in [6.45, 7) is 4.91. The summed E-state index contributed by atoms with van der Waals surface area (Å²) in [5.41, 5.74) is 0.530. The number of H-pyrrole nitrogens is 1. The molecule has 1 aliphatic carbocycles. The maximum atomic E-state index is 12.2. The molecule has 2 aromatic heterocycles. The van der Waals surface area contributed by atoms with Crippen molar-refractivity contribution < 1.29 is 10.2 Å². The molecular formula is C15H23N5O3. The first kappa shape index (κ1) is 15.9. The van der Waals surface area contributed by atoms with Crippen LogP contribution >= 0.6 is 0 Å². The van der Waals surface area contributed by atoms with E-state index in [1.54, 1.807) is 6.33 Å². The summed E-state index contributed by atoms with van der Waals surface area (Å²) in [5, 5.41) is 22.0. The summed E-state index contributed by atoms with van der Waals surface area (Å²) in [5.74, 6) is 0.904. The molecule has 0 radical (unpaired) electrons. The number of aliphatic hydroxyl groups is 2. The van der Waals surface area contributed by atoms with Crippen LogP contribution in [-0.4, -0.2) is 49.5 Å². The maximum absolute atomic E-state index is 12.2. The maximum Gasteiger partial charge on any atom is 0.280 e. The minimum Gasteiger partial charge on any atom is -0.396 e. The molecule has 4 N–H and O–H groups in total.